The number of rotatable bonds is 2. The molecule has 15 heavy (non-hydrogen) atoms. The molecule has 0 saturated heterocycles. The van der Waals surface area contributed by atoms with Crippen LogP contribution >= 0.6 is 0 Å². The average molecular weight is 196 g/mol. The van der Waals surface area contributed by atoms with Gasteiger partial charge in [-0.15, -0.1) is 0 Å². The molecule has 0 aliphatic heterocycles. The second-order valence-corrected chi connectivity index (χ2v) is 3.51. The van der Waals surface area contributed by atoms with Crippen LogP contribution in [0.2, 0.25) is 0 Å². The maximum absolute atomic E-state index is 9.05. The Bertz CT molecular complexity index is 506. The molecule has 1 aromatic carbocycles. The molecule has 0 aliphatic carbocycles. The molecule has 0 N–H and O–H groups in total. The first kappa shape index (κ1) is 9.67. The molecule has 0 saturated carbocycles. The van der Waals surface area contributed by atoms with E-state index >= 15 is 0 Å². The molecule has 1 aromatic heterocycles. The van der Waals surface area contributed by atoms with E-state index in [1.165, 1.54) is 0 Å². The van der Waals surface area contributed by atoms with Crippen LogP contribution < -0.4 is 0 Å². The van der Waals surface area contributed by atoms with Gasteiger partial charge in [0.15, 0.2) is 0 Å². The highest BCUT2D eigenvalue weighted by molar-refractivity contribution is 5.84. The highest BCUT2D eigenvalue weighted by Crippen LogP contribution is 2.24. The van der Waals surface area contributed by atoms with Gasteiger partial charge in [0, 0.05) is 11.6 Å². The van der Waals surface area contributed by atoms with Gasteiger partial charge in [-0.25, -0.2) is 0 Å². The van der Waals surface area contributed by atoms with Crippen molar-refractivity contribution in [3.63, 3.8) is 0 Å². The number of nitrogens with zero attached hydrogens (tertiary/aromatic N) is 2. The Labute approximate surface area is 89.2 Å². The van der Waals surface area contributed by atoms with Gasteiger partial charge >= 0.3 is 0 Å². The van der Waals surface area contributed by atoms with E-state index < -0.39 is 0 Å². The predicted molar refractivity (Wildman–Crippen MR) is 60.4 cm³/mol. The summed E-state index contributed by atoms with van der Waals surface area (Å²) in [6, 6.07) is 12.3. The van der Waals surface area contributed by atoms with Gasteiger partial charge in [0.05, 0.1) is 17.7 Å². The monoisotopic (exact) mass is 196 g/mol. The van der Waals surface area contributed by atoms with Crippen molar-refractivity contribution in [1.82, 2.24) is 4.98 Å². The molecule has 1 atom stereocenters. The van der Waals surface area contributed by atoms with Crippen molar-refractivity contribution >= 4 is 10.8 Å². The molecule has 2 aromatic rings. The maximum Gasteiger partial charge on any atom is 0.0888 e. The Morgan fingerprint density at radius 3 is 2.87 bits per heavy atom. The Morgan fingerprint density at radius 2 is 2.13 bits per heavy atom. The zero-order valence-electron chi connectivity index (χ0n) is 8.64. The van der Waals surface area contributed by atoms with Gasteiger partial charge in [0.2, 0.25) is 0 Å². The zero-order chi connectivity index (χ0) is 10.7. The van der Waals surface area contributed by atoms with E-state index in [1.807, 2.05) is 37.3 Å². The lowest BCUT2D eigenvalue weighted by Crippen LogP contribution is -1.98. The Kier molecular flexibility index (Phi) is 2.64. The number of hydrogen-bond acceptors (Lipinski definition) is 2. The fourth-order valence-electron chi connectivity index (χ4n) is 1.77. The van der Waals surface area contributed by atoms with Gasteiger partial charge in [-0.2, -0.15) is 5.26 Å². The fourth-order valence-corrected chi connectivity index (χ4v) is 1.77. The summed E-state index contributed by atoms with van der Waals surface area (Å²) in [5.74, 6) is -0.101. The summed E-state index contributed by atoms with van der Waals surface area (Å²) in [5, 5.41) is 11.3. The van der Waals surface area contributed by atoms with Gasteiger partial charge in [-0.05, 0) is 17.9 Å². The highest BCUT2D eigenvalue weighted by atomic mass is 14.7. The second kappa shape index (κ2) is 4.10. The molecule has 0 radical (unpaired) electrons. The van der Waals surface area contributed by atoms with E-state index in [9.17, 15) is 0 Å². The minimum atomic E-state index is -0.101. The summed E-state index contributed by atoms with van der Waals surface area (Å²) in [6.07, 6.45) is 2.58. The first-order valence-electron chi connectivity index (χ1n) is 5.10. The van der Waals surface area contributed by atoms with Crippen molar-refractivity contribution in [3.8, 4) is 6.07 Å². The van der Waals surface area contributed by atoms with E-state index in [0.29, 0.717) is 0 Å². The third-order valence-corrected chi connectivity index (χ3v) is 2.60. The van der Waals surface area contributed by atoms with Gasteiger partial charge in [0.1, 0.15) is 0 Å². The fraction of sp³-hybridized carbons (Fsp3) is 0.231. The van der Waals surface area contributed by atoms with Crippen LogP contribution in [0.5, 0.6) is 0 Å². The molecule has 0 aliphatic rings. The van der Waals surface area contributed by atoms with E-state index in [-0.39, 0.29) is 5.92 Å². The van der Waals surface area contributed by atoms with Crippen molar-refractivity contribution in [2.24, 2.45) is 0 Å². The van der Waals surface area contributed by atoms with Crippen LogP contribution in [0.25, 0.3) is 10.8 Å². The standard InChI is InChI=1S/C13H12N2/c1-2-10(9-14)13-12-6-4-3-5-11(12)7-8-15-13/h3-8,10H,2H2,1H3. The van der Waals surface area contributed by atoms with Crippen LogP contribution in [0.4, 0.5) is 0 Å². The van der Waals surface area contributed by atoms with E-state index in [2.05, 4.69) is 11.1 Å². The quantitative estimate of drug-likeness (QED) is 0.739. The molecule has 2 nitrogen and oxygen atoms in total. The van der Waals surface area contributed by atoms with Gasteiger partial charge in [0.25, 0.3) is 0 Å². The molecular weight excluding hydrogens is 184 g/mol. The maximum atomic E-state index is 9.05. The molecular formula is C13H12N2. The largest absolute Gasteiger partial charge is 0.259 e. The smallest absolute Gasteiger partial charge is 0.0888 e. The lowest BCUT2D eigenvalue weighted by Gasteiger charge is -2.08. The summed E-state index contributed by atoms with van der Waals surface area (Å²) in [6.45, 7) is 2.01. The van der Waals surface area contributed by atoms with E-state index in [1.54, 1.807) is 6.20 Å². The Hall–Kier alpha value is -1.88. The third kappa shape index (κ3) is 1.69. The summed E-state index contributed by atoms with van der Waals surface area (Å²) < 4.78 is 0. The topological polar surface area (TPSA) is 36.7 Å². The summed E-state index contributed by atoms with van der Waals surface area (Å²) in [4.78, 5) is 4.33. The predicted octanol–water partition coefficient (Wildman–Crippen LogP) is 3.25. The summed E-state index contributed by atoms with van der Waals surface area (Å²) >= 11 is 0. The van der Waals surface area contributed by atoms with Crippen LogP contribution in [0, 0.1) is 11.3 Å². The molecule has 1 unspecified atom stereocenters. The van der Waals surface area contributed by atoms with Crippen LogP contribution in [0.3, 0.4) is 0 Å². The van der Waals surface area contributed by atoms with Crippen LogP contribution in [-0.4, -0.2) is 4.98 Å². The van der Waals surface area contributed by atoms with E-state index in [4.69, 9.17) is 5.26 Å². The van der Waals surface area contributed by atoms with Crippen molar-refractivity contribution in [1.29, 1.82) is 5.26 Å². The molecule has 0 bridgehead atoms. The molecule has 2 rings (SSSR count). The normalized spacial score (nSPS) is 12.3. The zero-order valence-corrected chi connectivity index (χ0v) is 8.64. The van der Waals surface area contributed by atoms with Gasteiger partial charge < -0.3 is 0 Å². The summed E-state index contributed by atoms with van der Waals surface area (Å²) in [5.41, 5.74) is 0.901. The van der Waals surface area contributed by atoms with E-state index in [0.717, 1.165) is 22.9 Å². The van der Waals surface area contributed by atoms with Crippen LogP contribution in [-0.2, 0) is 0 Å². The molecule has 0 amide bonds. The Balaban J connectivity index is 2.66. The van der Waals surface area contributed by atoms with Crippen molar-refractivity contribution in [2.45, 2.75) is 19.3 Å². The number of pyridine rings is 1. The number of aromatic nitrogens is 1. The lowest BCUT2D eigenvalue weighted by atomic mass is 9.98. The number of nitriles is 1. The highest BCUT2D eigenvalue weighted by Gasteiger charge is 2.12. The van der Waals surface area contributed by atoms with Gasteiger partial charge in [-0.1, -0.05) is 31.2 Å². The number of hydrogen-bond donors (Lipinski definition) is 0. The molecule has 0 spiro atoms. The first-order valence-corrected chi connectivity index (χ1v) is 5.10. The first-order chi connectivity index (χ1) is 7.36. The molecule has 0 fully saturated rings. The lowest BCUT2D eigenvalue weighted by molar-refractivity contribution is 0.796. The van der Waals surface area contributed by atoms with Crippen molar-refractivity contribution in [3.05, 3.63) is 42.2 Å². The minimum Gasteiger partial charge on any atom is -0.259 e. The number of benzene rings is 1. The van der Waals surface area contributed by atoms with Crippen LogP contribution in [0.15, 0.2) is 36.5 Å². The SMILES string of the molecule is CCC(C#N)c1nccc2ccccc12. The van der Waals surface area contributed by atoms with Crippen LogP contribution in [0.1, 0.15) is 25.0 Å². The average Bonchev–Trinajstić information content (AvgIpc) is 2.31. The number of fused-ring (bicyclic) bond motifs is 1. The third-order valence-electron chi connectivity index (χ3n) is 2.60. The van der Waals surface area contributed by atoms with Crippen molar-refractivity contribution < 1.29 is 0 Å². The minimum absolute atomic E-state index is 0.101. The second-order valence-electron chi connectivity index (χ2n) is 3.51. The van der Waals surface area contributed by atoms with Gasteiger partial charge in [-0.3, -0.25) is 4.98 Å². The Morgan fingerprint density at radius 1 is 1.33 bits per heavy atom. The molecule has 74 valence electrons. The summed E-state index contributed by atoms with van der Waals surface area (Å²) in [7, 11) is 0. The molecule has 2 heteroatoms. The van der Waals surface area contributed by atoms with Crippen molar-refractivity contribution in [2.75, 3.05) is 0 Å². The molecule has 1 heterocycles.